The predicted octanol–water partition coefficient (Wildman–Crippen LogP) is 3.79. The number of amides is 1. The number of carbonyl (C=O) groups excluding carboxylic acids is 1. The van der Waals surface area contributed by atoms with Crippen molar-refractivity contribution in [1.82, 2.24) is 9.97 Å². The van der Waals surface area contributed by atoms with Gasteiger partial charge in [-0.25, -0.2) is 9.97 Å². The van der Waals surface area contributed by atoms with Crippen LogP contribution in [-0.2, 0) is 0 Å². The van der Waals surface area contributed by atoms with Crippen LogP contribution in [-0.4, -0.2) is 20.8 Å². The number of non-ortho nitro benzene ring substituents is 1. The van der Waals surface area contributed by atoms with Crippen LogP contribution in [0.1, 0.15) is 10.4 Å². The number of nitrogens with zero attached hydrogens (tertiary/aromatic N) is 3. The summed E-state index contributed by atoms with van der Waals surface area (Å²) in [6, 6.07) is 14.5. The van der Waals surface area contributed by atoms with Crippen LogP contribution in [0.25, 0.3) is 0 Å². The minimum atomic E-state index is -0.537. The van der Waals surface area contributed by atoms with Crippen molar-refractivity contribution >= 4 is 29.0 Å². The number of anilines is 1. The van der Waals surface area contributed by atoms with Crippen molar-refractivity contribution in [3.63, 3.8) is 0 Å². The Balaban J connectivity index is 1.74. The number of rotatable bonds is 5. The molecule has 1 amide bonds. The first-order chi connectivity index (χ1) is 12.1. The first-order valence-corrected chi connectivity index (χ1v) is 8.04. The van der Waals surface area contributed by atoms with Gasteiger partial charge in [0.25, 0.3) is 11.6 Å². The average molecular weight is 352 g/mol. The molecule has 0 aliphatic rings. The third-order valence-electron chi connectivity index (χ3n) is 3.16. The lowest BCUT2D eigenvalue weighted by Gasteiger charge is -2.07. The molecule has 0 atom stereocenters. The van der Waals surface area contributed by atoms with Gasteiger partial charge >= 0.3 is 0 Å². The Morgan fingerprint density at radius 2 is 1.84 bits per heavy atom. The Morgan fingerprint density at radius 3 is 2.60 bits per heavy atom. The number of hydrogen-bond donors (Lipinski definition) is 1. The second-order valence-electron chi connectivity index (χ2n) is 4.91. The molecule has 0 unspecified atom stereocenters. The number of nitrogens with one attached hydrogen (secondary N) is 1. The van der Waals surface area contributed by atoms with Crippen LogP contribution in [0.15, 0.2) is 77.0 Å². The van der Waals surface area contributed by atoms with Crippen molar-refractivity contribution in [2.24, 2.45) is 0 Å². The van der Waals surface area contributed by atoms with Crippen molar-refractivity contribution in [2.75, 3.05) is 5.32 Å². The fourth-order valence-electron chi connectivity index (χ4n) is 2.02. The maximum Gasteiger partial charge on any atom is 0.270 e. The van der Waals surface area contributed by atoms with Crippen LogP contribution in [0.2, 0.25) is 0 Å². The van der Waals surface area contributed by atoms with Gasteiger partial charge in [0.05, 0.1) is 4.92 Å². The summed E-state index contributed by atoms with van der Waals surface area (Å²) >= 11 is 1.37. The molecule has 3 rings (SSSR count). The molecule has 0 bridgehead atoms. The zero-order valence-corrected chi connectivity index (χ0v) is 13.6. The van der Waals surface area contributed by atoms with E-state index in [0.717, 1.165) is 5.03 Å². The third kappa shape index (κ3) is 4.39. The van der Waals surface area contributed by atoms with Crippen molar-refractivity contribution in [3.05, 3.63) is 82.7 Å². The van der Waals surface area contributed by atoms with E-state index in [-0.39, 0.29) is 11.3 Å². The molecule has 8 heteroatoms. The molecule has 124 valence electrons. The molecule has 1 aromatic carbocycles. The Morgan fingerprint density at radius 1 is 1.00 bits per heavy atom. The van der Waals surface area contributed by atoms with Gasteiger partial charge in [0.2, 0.25) is 0 Å². The summed E-state index contributed by atoms with van der Waals surface area (Å²) in [7, 11) is 0. The molecule has 0 aliphatic carbocycles. The monoisotopic (exact) mass is 352 g/mol. The molecular formula is C17H12N4O3S. The summed E-state index contributed by atoms with van der Waals surface area (Å²) in [5.41, 5.74) is 0.628. The van der Waals surface area contributed by atoms with Crippen LogP contribution in [0, 0.1) is 10.1 Å². The van der Waals surface area contributed by atoms with E-state index < -0.39 is 10.8 Å². The Hall–Kier alpha value is -3.26. The van der Waals surface area contributed by atoms with Gasteiger partial charge in [0, 0.05) is 35.8 Å². The highest BCUT2D eigenvalue weighted by molar-refractivity contribution is 7.99. The molecule has 0 aliphatic heterocycles. The van der Waals surface area contributed by atoms with Crippen LogP contribution in [0.3, 0.4) is 0 Å². The lowest BCUT2D eigenvalue weighted by Crippen LogP contribution is -2.12. The normalized spacial score (nSPS) is 10.2. The molecule has 25 heavy (non-hydrogen) atoms. The molecule has 2 heterocycles. The number of aromatic nitrogens is 2. The van der Waals surface area contributed by atoms with Gasteiger partial charge in [0.15, 0.2) is 0 Å². The van der Waals surface area contributed by atoms with Gasteiger partial charge in [-0.2, -0.15) is 0 Å². The smallest absolute Gasteiger partial charge is 0.270 e. The Labute approximate surface area is 147 Å². The number of hydrogen-bond acceptors (Lipinski definition) is 6. The summed E-state index contributed by atoms with van der Waals surface area (Å²) < 4.78 is 0. The van der Waals surface area contributed by atoms with Gasteiger partial charge in [0.1, 0.15) is 10.1 Å². The quantitative estimate of drug-likeness (QED) is 0.554. The number of pyridine rings is 2. The van der Waals surface area contributed by atoms with Crippen LogP contribution in [0.5, 0.6) is 0 Å². The number of nitro benzene ring substituents is 1. The maximum absolute atomic E-state index is 12.3. The zero-order valence-electron chi connectivity index (χ0n) is 12.8. The van der Waals surface area contributed by atoms with Crippen molar-refractivity contribution in [2.45, 2.75) is 10.1 Å². The highest BCUT2D eigenvalue weighted by atomic mass is 32.2. The highest BCUT2D eigenvalue weighted by Crippen LogP contribution is 2.25. The summed E-state index contributed by atoms with van der Waals surface area (Å²) in [6.07, 6.45) is 3.27. The van der Waals surface area contributed by atoms with E-state index in [1.807, 2.05) is 18.2 Å². The van der Waals surface area contributed by atoms with Crippen molar-refractivity contribution in [3.8, 4) is 0 Å². The van der Waals surface area contributed by atoms with Gasteiger partial charge in [-0.05, 0) is 30.3 Å². The first kappa shape index (κ1) is 16.6. The molecule has 0 fully saturated rings. The molecule has 0 spiro atoms. The number of nitro groups is 1. The van der Waals surface area contributed by atoms with Gasteiger partial charge in [-0.1, -0.05) is 23.9 Å². The summed E-state index contributed by atoms with van der Waals surface area (Å²) in [6.45, 7) is 0. The van der Waals surface area contributed by atoms with E-state index in [9.17, 15) is 14.9 Å². The molecule has 0 radical (unpaired) electrons. The van der Waals surface area contributed by atoms with E-state index in [4.69, 9.17) is 0 Å². The topological polar surface area (TPSA) is 98.0 Å². The van der Waals surface area contributed by atoms with Crippen LogP contribution >= 0.6 is 11.8 Å². The number of carbonyl (C=O) groups is 1. The van der Waals surface area contributed by atoms with Gasteiger partial charge < -0.3 is 5.32 Å². The van der Waals surface area contributed by atoms with E-state index in [1.165, 1.54) is 36.0 Å². The van der Waals surface area contributed by atoms with E-state index in [0.29, 0.717) is 10.7 Å². The predicted molar refractivity (Wildman–Crippen MR) is 93.6 cm³/mol. The largest absolute Gasteiger partial charge is 0.322 e. The highest BCUT2D eigenvalue weighted by Gasteiger charge is 2.12. The lowest BCUT2D eigenvalue weighted by atomic mass is 10.2. The molecule has 3 aromatic rings. The average Bonchev–Trinajstić information content (AvgIpc) is 2.63. The molecule has 2 aromatic heterocycles. The fraction of sp³-hybridized carbons (Fsp3) is 0. The van der Waals surface area contributed by atoms with Crippen LogP contribution < -0.4 is 5.32 Å². The third-order valence-corrected chi connectivity index (χ3v) is 4.04. The summed E-state index contributed by atoms with van der Waals surface area (Å²) in [5.74, 6) is -0.427. The molecule has 0 saturated carbocycles. The Kier molecular flexibility index (Phi) is 5.00. The summed E-state index contributed by atoms with van der Waals surface area (Å²) in [4.78, 5) is 31.0. The van der Waals surface area contributed by atoms with Gasteiger partial charge in [-0.15, -0.1) is 0 Å². The Bertz CT molecular complexity index is 919. The SMILES string of the molecule is O=C(Nc1ccnc(Sc2ccccn2)c1)c1cccc([N+](=O)[O-])c1. The second kappa shape index (κ2) is 7.54. The zero-order chi connectivity index (χ0) is 17.6. The van der Waals surface area contributed by atoms with E-state index in [2.05, 4.69) is 15.3 Å². The fourth-order valence-corrected chi connectivity index (χ4v) is 2.80. The molecular weight excluding hydrogens is 340 g/mol. The van der Waals surface area contributed by atoms with Crippen molar-refractivity contribution in [1.29, 1.82) is 0 Å². The standard InChI is InChI=1S/C17H12N4O3S/c22-17(12-4-3-5-14(10-12)21(23)24)20-13-7-9-19-16(11-13)25-15-6-1-2-8-18-15/h1-11H,(H,19,20,22). The van der Waals surface area contributed by atoms with E-state index >= 15 is 0 Å². The molecule has 1 N–H and O–H groups in total. The van der Waals surface area contributed by atoms with Gasteiger partial charge in [-0.3, -0.25) is 14.9 Å². The lowest BCUT2D eigenvalue weighted by molar-refractivity contribution is -0.384. The minimum absolute atomic E-state index is 0.131. The van der Waals surface area contributed by atoms with E-state index in [1.54, 1.807) is 24.5 Å². The van der Waals surface area contributed by atoms with Crippen molar-refractivity contribution < 1.29 is 9.72 Å². The summed E-state index contributed by atoms with van der Waals surface area (Å²) in [5, 5.41) is 15.0. The maximum atomic E-state index is 12.3. The first-order valence-electron chi connectivity index (χ1n) is 7.22. The minimum Gasteiger partial charge on any atom is -0.322 e. The number of benzene rings is 1. The van der Waals surface area contributed by atoms with Crippen LogP contribution in [0.4, 0.5) is 11.4 Å². The molecule has 0 saturated heterocycles. The molecule has 7 nitrogen and oxygen atoms in total. The second-order valence-corrected chi connectivity index (χ2v) is 5.96.